The maximum absolute atomic E-state index is 13.3. The summed E-state index contributed by atoms with van der Waals surface area (Å²) >= 11 is 0. The number of carbonyl (C=O) groups excluding carboxylic acids is 3. The van der Waals surface area contributed by atoms with E-state index in [0.29, 0.717) is 12.0 Å². The average molecular weight is 408 g/mol. The normalized spacial score (nSPS) is 20.6. The summed E-state index contributed by atoms with van der Waals surface area (Å²) in [6, 6.07) is 21.0. The molecule has 0 bridgehead atoms. The number of fused-ring (bicyclic) bond motifs is 5. The second-order valence-corrected chi connectivity index (χ2v) is 8.51. The van der Waals surface area contributed by atoms with Crippen molar-refractivity contribution >= 4 is 17.7 Å². The first-order valence-electron chi connectivity index (χ1n) is 10.5. The summed E-state index contributed by atoms with van der Waals surface area (Å²) in [5.41, 5.74) is 6.03. The number of imide groups is 1. The Labute approximate surface area is 179 Å². The molecule has 1 fully saturated rings. The van der Waals surface area contributed by atoms with Gasteiger partial charge >= 0.3 is 6.03 Å². The molecule has 0 saturated carbocycles. The first kappa shape index (κ1) is 18.1. The summed E-state index contributed by atoms with van der Waals surface area (Å²) < 4.78 is 0. The molecule has 1 N–H and O–H groups in total. The van der Waals surface area contributed by atoms with Gasteiger partial charge < -0.3 is 5.32 Å². The second-order valence-electron chi connectivity index (χ2n) is 8.51. The van der Waals surface area contributed by atoms with E-state index in [1.165, 1.54) is 11.1 Å². The standard InChI is InChI=1S/C26H20N2O3/c29-23(19-10-9-18-13-17-6-1-3-7-20(17)21(18)14-19)15-28-24(30)26(27-25(28)31)12-11-16-5-2-4-8-22(16)26/h1-10,14H,11-13,15H2,(H,27,31). The van der Waals surface area contributed by atoms with Crippen LogP contribution in [-0.2, 0) is 23.2 Å². The zero-order valence-electron chi connectivity index (χ0n) is 16.9. The van der Waals surface area contributed by atoms with Crippen LogP contribution in [0, 0.1) is 0 Å². The monoisotopic (exact) mass is 408 g/mol. The molecule has 5 nitrogen and oxygen atoms in total. The Morgan fingerprint density at radius 2 is 1.65 bits per heavy atom. The zero-order valence-corrected chi connectivity index (χ0v) is 16.9. The van der Waals surface area contributed by atoms with Crippen LogP contribution in [0.2, 0.25) is 0 Å². The predicted octanol–water partition coefficient (Wildman–Crippen LogP) is 3.83. The van der Waals surface area contributed by atoms with E-state index in [0.717, 1.165) is 40.0 Å². The van der Waals surface area contributed by atoms with Gasteiger partial charge in [0.05, 0.1) is 6.54 Å². The molecule has 1 spiro atoms. The number of hydrogen-bond donors (Lipinski definition) is 1. The molecule has 3 aliphatic rings. The van der Waals surface area contributed by atoms with Crippen molar-refractivity contribution in [2.75, 3.05) is 6.54 Å². The van der Waals surface area contributed by atoms with Crippen molar-refractivity contribution in [1.82, 2.24) is 10.2 Å². The number of amides is 3. The van der Waals surface area contributed by atoms with Crippen molar-refractivity contribution in [3.8, 4) is 11.1 Å². The highest BCUT2D eigenvalue weighted by molar-refractivity contribution is 6.12. The molecule has 1 saturated heterocycles. The van der Waals surface area contributed by atoms with Crippen LogP contribution in [0.5, 0.6) is 0 Å². The van der Waals surface area contributed by atoms with Crippen LogP contribution in [0.15, 0.2) is 66.7 Å². The van der Waals surface area contributed by atoms with Crippen LogP contribution in [-0.4, -0.2) is 29.2 Å². The Morgan fingerprint density at radius 3 is 2.52 bits per heavy atom. The van der Waals surface area contributed by atoms with Crippen LogP contribution in [0.25, 0.3) is 11.1 Å². The van der Waals surface area contributed by atoms with E-state index in [9.17, 15) is 14.4 Å². The molecule has 6 rings (SSSR count). The summed E-state index contributed by atoms with van der Waals surface area (Å²) in [7, 11) is 0. The number of nitrogens with zero attached hydrogens (tertiary/aromatic N) is 1. The molecule has 5 heteroatoms. The minimum Gasteiger partial charge on any atom is -0.319 e. The average Bonchev–Trinajstić information content (AvgIpc) is 3.42. The number of benzene rings is 3. The molecule has 2 aliphatic carbocycles. The lowest BCUT2D eigenvalue weighted by atomic mass is 9.92. The topological polar surface area (TPSA) is 66.5 Å². The molecule has 0 radical (unpaired) electrons. The van der Waals surface area contributed by atoms with E-state index in [4.69, 9.17) is 0 Å². The number of Topliss-reactive ketones (excluding diaryl/α,β-unsaturated/α-hetero) is 1. The Balaban J connectivity index is 1.29. The van der Waals surface area contributed by atoms with Gasteiger partial charge in [-0.15, -0.1) is 0 Å². The molecule has 1 heterocycles. The Bertz CT molecular complexity index is 1300. The number of ketones is 1. The van der Waals surface area contributed by atoms with E-state index in [-0.39, 0.29) is 18.2 Å². The predicted molar refractivity (Wildman–Crippen MR) is 116 cm³/mol. The number of urea groups is 1. The minimum absolute atomic E-state index is 0.237. The molecule has 152 valence electrons. The van der Waals surface area contributed by atoms with E-state index < -0.39 is 11.6 Å². The Morgan fingerprint density at radius 1 is 0.903 bits per heavy atom. The van der Waals surface area contributed by atoms with Gasteiger partial charge in [0.15, 0.2) is 5.78 Å². The van der Waals surface area contributed by atoms with Gasteiger partial charge in [0.1, 0.15) is 5.54 Å². The van der Waals surface area contributed by atoms with Crippen LogP contribution < -0.4 is 5.32 Å². The fourth-order valence-electron chi connectivity index (χ4n) is 5.27. The van der Waals surface area contributed by atoms with E-state index in [2.05, 4.69) is 17.4 Å². The van der Waals surface area contributed by atoms with Crippen LogP contribution >= 0.6 is 0 Å². The third kappa shape index (κ3) is 2.53. The molecule has 1 aliphatic heterocycles. The quantitative estimate of drug-likeness (QED) is 0.414. The number of rotatable bonds is 3. The van der Waals surface area contributed by atoms with Gasteiger partial charge in [0.25, 0.3) is 5.91 Å². The third-order valence-electron chi connectivity index (χ3n) is 6.84. The van der Waals surface area contributed by atoms with Crippen molar-refractivity contribution in [1.29, 1.82) is 0 Å². The highest BCUT2D eigenvalue weighted by atomic mass is 16.2. The summed E-state index contributed by atoms with van der Waals surface area (Å²) in [6.07, 6.45) is 2.11. The Kier molecular flexibility index (Phi) is 3.72. The lowest BCUT2D eigenvalue weighted by Crippen LogP contribution is -2.42. The van der Waals surface area contributed by atoms with Gasteiger partial charge in [-0.1, -0.05) is 60.7 Å². The smallest absolute Gasteiger partial charge is 0.319 e. The molecule has 3 amide bonds. The first-order chi connectivity index (χ1) is 15.1. The van der Waals surface area contributed by atoms with Crippen molar-refractivity contribution in [3.63, 3.8) is 0 Å². The number of carbonyl (C=O) groups is 3. The molecular weight excluding hydrogens is 388 g/mol. The van der Waals surface area contributed by atoms with Crippen LogP contribution in [0.3, 0.4) is 0 Å². The molecule has 3 aromatic carbocycles. The van der Waals surface area contributed by atoms with Crippen molar-refractivity contribution < 1.29 is 14.4 Å². The van der Waals surface area contributed by atoms with Gasteiger partial charge in [-0.25, -0.2) is 4.79 Å². The van der Waals surface area contributed by atoms with Gasteiger partial charge in [0.2, 0.25) is 0 Å². The minimum atomic E-state index is -1.04. The highest BCUT2D eigenvalue weighted by Crippen LogP contribution is 2.41. The third-order valence-corrected chi connectivity index (χ3v) is 6.84. The molecule has 3 aromatic rings. The van der Waals surface area contributed by atoms with Crippen molar-refractivity contribution in [2.24, 2.45) is 0 Å². The van der Waals surface area contributed by atoms with E-state index in [1.807, 2.05) is 48.5 Å². The van der Waals surface area contributed by atoms with E-state index >= 15 is 0 Å². The summed E-state index contributed by atoms with van der Waals surface area (Å²) in [4.78, 5) is 40.2. The molecule has 31 heavy (non-hydrogen) atoms. The number of aryl methyl sites for hydroxylation is 1. The number of nitrogens with one attached hydrogen (secondary N) is 1. The SMILES string of the molecule is O=C(CN1C(=O)NC2(CCc3ccccc32)C1=O)c1ccc2c(c1)-c1ccccc1C2. The molecular formula is C26H20N2O3. The maximum Gasteiger partial charge on any atom is 0.325 e. The van der Waals surface area contributed by atoms with Gasteiger partial charge in [-0.2, -0.15) is 0 Å². The van der Waals surface area contributed by atoms with Crippen molar-refractivity contribution in [3.05, 3.63) is 94.5 Å². The lowest BCUT2D eigenvalue weighted by Gasteiger charge is -2.22. The maximum atomic E-state index is 13.3. The fourth-order valence-corrected chi connectivity index (χ4v) is 5.27. The van der Waals surface area contributed by atoms with Crippen molar-refractivity contribution in [2.45, 2.75) is 24.8 Å². The van der Waals surface area contributed by atoms with Gasteiger partial charge in [-0.3, -0.25) is 14.5 Å². The van der Waals surface area contributed by atoms with Gasteiger partial charge in [-0.05, 0) is 58.7 Å². The fraction of sp³-hybridized carbons (Fsp3) is 0.192. The zero-order chi connectivity index (χ0) is 21.2. The summed E-state index contributed by atoms with van der Waals surface area (Å²) in [5.74, 6) is -0.568. The highest BCUT2D eigenvalue weighted by Gasteiger charge is 2.55. The summed E-state index contributed by atoms with van der Waals surface area (Å²) in [6.45, 7) is -0.255. The van der Waals surface area contributed by atoms with Gasteiger partial charge in [0, 0.05) is 5.56 Å². The number of hydrogen-bond acceptors (Lipinski definition) is 3. The summed E-state index contributed by atoms with van der Waals surface area (Å²) in [5, 5.41) is 2.88. The Hall–Kier alpha value is -3.73. The molecule has 1 unspecified atom stereocenters. The lowest BCUT2D eigenvalue weighted by molar-refractivity contribution is -0.131. The largest absolute Gasteiger partial charge is 0.325 e. The van der Waals surface area contributed by atoms with E-state index in [1.54, 1.807) is 6.07 Å². The molecule has 0 aromatic heterocycles. The first-order valence-corrected chi connectivity index (χ1v) is 10.5. The molecule has 1 atom stereocenters. The van der Waals surface area contributed by atoms with Crippen LogP contribution in [0.1, 0.15) is 39.0 Å². The second kappa shape index (κ2) is 6.38. The van der Waals surface area contributed by atoms with Crippen LogP contribution in [0.4, 0.5) is 4.79 Å².